The summed E-state index contributed by atoms with van der Waals surface area (Å²) in [5, 5.41) is 12.2. The number of hydrogen-bond donors (Lipinski definition) is 2. The third-order valence-corrected chi connectivity index (χ3v) is 1.25. The van der Waals surface area contributed by atoms with Crippen molar-refractivity contribution in [2.75, 3.05) is 7.05 Å². The fraction of sp³-hybridized carbons (Fsp3) is 0.200. The molecule has 1 aliphatic rings. The first-order valence-electron chi connectivity index (χ1n) is 2.69. The largest absolute Gasteiger partial charge is 0.545 e. The molecule has 0 fully saturated rings. The van der Waals surface area contributed by atoms with Gasteiger partial charge in [0.1, 0.15) is 13.2 Å². The van der Waals surface area contributed by atoms with Crippen LogP contribution in [0.1, 0.15) is 0 Å². The van der Waals surface area contributed by atoms with Gasteiger partial charge in [-0.1, -0.05) is 4.59 Å². The van der Waals surface area contributed by atoms with Crippen molar-refractivity contribution < 1.29 is 14.5 Å². The Labute approximate surface area is 57.6 Å². The van der Waals surface area contributed by atoms with E-state index in [0.717, 1.165) is 0 Å². The summed E-state index contributed by atoms with van der Waals surface area (Å²) in [5.41, 5.74) is 5.23. The van der Waals surface area contributed by atoms with E-state index >= 15 is 0 Å². The molecule has 5 nitrogen and oxygen atoms in total. The Kier molecular flexibility index (Phi) is 1.22. The van der Waals surface area contributed by atoms with Crippen molar-refractivity contribution in [1.29, 1.82) is 0 Å². The minimum Gasteiger partial charge on any atom is -0.433 e. The molecule has 5 heteroatoms. The van der Waals surface area contributed by atoms with E-state index < -0.39 is 10.7 Å². The molecular formula is C5H8N3O2+. The molecule has 1 aliphatic heterocycles. The van der Waals surface area contributed by atoms with Gasteiger partial charge in [-0.05, 0) is 5.10 Å². The number of amides is 1. The molecule has 10 heavy (non-hydrogen) atoms. The smallest absolute Gasteiger partial charge is 0.433 e. The summed E-state index contributed by atoms with van der Waals surface area (Å²) in [6.07, 6.45) is 1.82. The number of carbonyl (C=O) groups is 1. The first-order valence-corrected chi connectivity index (χ1v) is 2.69. The second-order valence-electron chi connectivity index (χ2n) is 2.15. The van der Waals surface area contributed by atoms with Crippen LogP contribution in [-0.4, -0.2) is 28.7 Å². The van der Waals surface area contributed by atoms with Crippen LogP contribution < -0.4 is 5.73 Å². The zero-order valence-corrected chi connectivity index (χ0v) is 5.48. The maximum atomic E-state index is 10.4. The molecule has 0 saturated carbocycles. The van der Waals surface area contributed by atoms with Gasteiger partial charge in [-0.3, -0.25) is 0 Å². The van der Waals surface area contributed by atoms with Crippen LogP contribution in [0.2, 0.25) is 0 Å². The Morgan fingerprint density at radius 1 is 1.90 bits per heavy atom. The average molecular weight is 142 g/mol. The van der Waals surface area contributed by atoms with Crippen molar-refractivity contribution in [2.24, 2.45) is 10.8 Å². The highest BCUT2D eigenvalue weighted by molar-refractivity contribution is 5.92. The van der Waals surface area contributed by atoms with Gasteiger partial charge in [0.25, 0.3) is 0 Å². The Bertz CT molecular complexity index is 233. The van der Waals surface area contributed by atoms with Gasteiger partial charge in [0.2, 0.25) is 0 Å². The van der Waals surface area contributed by atoms with E-state index in [-0.39, 0.29) is 5.84 Å². The molecule has 0 aromatic rings. The van der Waals surface area contributed by atoms with Gasteiger partial charge in [-0.15, -0.1) is 0 Å². The van der Waals surface area contributed by atoms with Gasteiger partial charge >= 0.3 is 6.09 Å². The van der Waals surface area contributed by atoms with Crippen molar-refractivity contribution in [1.82, 2.24) is 0 Å². The van der Waals surface area contributed by atoms with Gasteiger partial charge in [-0.2, -0.15) is 4.79 Å². The summed E-state index contributed by atoms with van der Waals surface area (Å²) < 4.78 is -0.508. The van der Waals surface area contributed by atoms with Crippen molar-refractivity contribution in [3.05, 3.63) is 12.3 Å². The molecule has 54 valence electrons. The van der Waals surface area contributed by atoms with Crippen molar-refractivity contribution in [3.8, 4) is 0 Å². The van der Waals surface area contributed by atoms with Crippen LogP contribution in [0, 0.1) is 0 Å². The second kappa shape index (κ2) is 1.81. The number of nitrogens with two attached hydrogens (primary N) is 1. The van der Waals surface area contributed by atoms with Gasteiger partial charge in [0.05, 0.1) is 0 Å². The van der Waals surface area contributed by atoms with E-state index in [9.17, 15) is 4.79 Å². The normalized spacial score (nSPS) is 30.3. The highest BCUT2D eigenvalue weighted by atomic mass is 16.4. The maximum Gasteiger partial charge on any atom is 0.545 e. The molecule has 1 atom stereocenters. The van der Waals surface area contributed by atoms with Crippen molar-refractivity contribution in [3.63, 3.8) is 0 Å². The van der Waals surface area contributed by atoms with E-state index in [1.807, 2.05) is 0 Å². The summed E-state index contributed by atoms with van der Waals surface area (Å²) in [6.45, 7) is 0. The van der Waals surface area contributed by atoms with E-state index in [1.54, 1.807) is 0 Å². The van der Waals surface area contributed by atoms with Crippen LogP contribution >= 0.6 is 0 Å². The summed E-state index contributed by atoms with van der Waals surface area (Å²) in [7, 11) is 1.43. The molecule has 0 aromatic heterocycles. The average Bonchev–Trinajstić information content (AvgIpc) is 2.13. The molecule has 0 radical (unpaired) electrons. The van der Waals surface area contributed by atoms with E-state index in [1.165, 1.54) is 19.3 Å². The second-order valence-corrected chi connectivity index (χ2v) is 2.15. The number of hydrogen-bond acceptors (Lipinski definition) is 3. The van der Waals surface area contributed by atoms with Gasteiger partial charge in [0.15, 0.2) is 5.84 Å². The van der Waals surface area contributed by atoms with E-state index in [0.29, 0.717) is 0 Å². The summed E-state index contributed by atoms with van der Waals surface area (Å²) in [6, 6.07) is 0. The Morgan fingerprint density at radius 2 is 2.50 bits per heavy atom. The Hall–Kier alpha value is -1.36. The number of amidine groups is 1. The maximum absolute atomic E-state index is 10.4. The van der Waals surface area contributed by atoms with Gasteiger partial charge in [-0.25, -0.2) is 0 Å². The van der Waals surface area contributed by atoms with Crippen LogP contribution in [0.5, 0.6) is 0 Å². The minimum absolute atomic E-state index is 0.241. The third-order valence-electron chi connectivity index (χ3n) is 1.25. The Morgan fingerprint density at radius 3 is 2.70 bits per heavy atom. The third kappa shape index (κ3) is 0.863. The molecule has 1 amide bonds. The molecule has 1 heterocycles. The minimum atomic E-state index is -1.04. The number of carboxylic acid groups (broad SMARTS) is 1. The van der Waals surface area contributed by atoms with Crippen LogP contribution in [0.4, 0.5) is 4.79 Å². The number of quaternary nitrogens is 1. The fourth-order valence-electron chi connectivity index (χ4n) is 0.635. The van der Waals surface area contributed by atoms with Crippen LogP contribution in [0.3, 0.4) is 0 Å². The fourth-order valence-corrected chi connectivity index (χ4v) is 0.635. The van der Waals surface area contributed by atoms with Gasteiger partial charge in [0, 0.05) is 6.08 Å². The molecule has 0 aliphatic carbocycles. The molecule has 1 rings (SSSR count). The topological polar surface area (TPSA) is 75.7 Å². The first kappa shape index (κ1) is 6.76. The molecule has 0 unspecified atom stereocenters. The van der Waals surface area contributed by atoms with E-state index in [4.69, 9.17) is 10.8 Å². The summed E-state index contributed by atoms with van der Waals surface area (Å²) in [5.74, 6) is 0.241. The van der Waals surface area contributed by atoms with E-state index in [2.05, 4.69) is 5.10 Å². The lowest BCUT2D eigenvalue weighted by Crippen LogP contribution is -2.36. The quantitative estimate of drug-likeness (QED) is 0.464. The van der Waals surface area contributed by atoms with Crippen LogP contribution in [0.15, 0.2) is 17.4 Å². The lowest BCUT2D eigenvalue weighted by atomic mass is 10.6. The predicted octanol–water partition coefficient (Wildman–Crippen LogP) is -0.0895. The predicted molar refractivity (Wildman–Crippen MR) is 35.0 cm³/mol. The first-order chi connectivity index (χ1) is 4.54. The van der Waals surface area contributed by atoms with Crippen molar-refractivity contribution in [2.45, 2.75) is 0 Å². The van der Waals surface area contributed by atoms with Crippen LogP contribution in [0.25, 0.3) is 0 Å². The lowest BCUT2D eigenvalue weighted by Gasteiger charge is -2.10. The van der Waals surface area contributed by atoms with Crippen molar-refractivity contribution >= 4 is 11.9 Å². The van der Waals surface area contributed by atoms with Gasteiger partial charge < -0.3 is 10.8 Å². The lowest BCUT2D eigenvalue weighted by molar-refractivity contribution is -0.788. The number of rotatable bonds is 0. The molecule has 3 N–H and O–H groups in total. The highest BCUT2D eigenvalue weighted by Gasteiger charge is 2.33. The highest BCUT2D eigenvalue weighted by Crippen LogP contribution is 2.10. The summed E-state index contributed by atoms with van der Waals surface area (Å²) >= 11 is 0. The molecule has 0 saturated heterocycles. The molecular weight excluding hydrogens is 134 g/mol. The molecule has 0 spiro atoms. The number of nitrogens with zero attached hydrogens (tertiary/aromatic N) is 2. The molecule has 0 aromatic carbocycles. The standard InChI is InChI=1S/C5H7N3O2/c1-8(5(9)10)3-2-4(6)7-8/h2-3H,1H3,(H2-,6,7,9,10)/p+1/t8-/m0/s1. The SMILES string of the molecule is C[N@@+]1(C(=O)O)C=CC(N)=N1. The van der Waals surface area contributed by atoms with Crippen LogP contribution in [-0.2, 0) is 0 Å². The monoisotopic (exact) mass is 142 g/mol. The summed E-state index contributed by atoms with van der Waals surface area (Å²) in [4.78, 5) is 10.4. The molecule has 0 bridgehead atoms. The zero-order chi connectivity index (χ0) is 7.78. The zero-order valence-electron chi connectivity index (χ0n) is 5.48. The Balaban J connectivity index is 2.95.